The van der Waals surface area contributed by atoms with Gasteiger partial charge in [-0.05, 0) is 60.5 Å². The van der Waals surface area contributed by atoms with Gasteiger partial charge in [-0.15, -0.1) is 0 Å². The Kier molecular flexibility index (Phi) is 5.58. The molecule has 168 valence electrons. The molecule has 0 aliphatic carbocycles. The molecule has 1 spiro atoms. The molecule has 0 saturated carbocycles. The van der Waals surface area contributed by atoms with E-state index in [0.29, 0.717) is 61.6 Å². The molecule has 1 atom stereocenters. The molecule has 0 bridgehead atoms. The number of likely N-dealkylation sites (tertiary alicyclic amines) is 1. The van der Waals surface area contributed by atoms with Gasteiger partial charge < -0.3 is 14.4 Å². The van der Waals surface area contributed by atoms with Crippen molar-refractivity contribution < 1.29 is 23.5 Å². The van der Waals surface area contributed by atoms with Crippen molar-refractivity contribution in [2.75, 3.05) is 13.1 Å². The van der Waals surface area contributed by atoms with E-state index in [2.05, 4.69) is 0 Å². The van der Waals surface area contributed by atoms with Gasteiger partial charge in [-0.3, -0.25) is 9.59 Å². The molecule has 2 heterocycles. The molecule has 2 aliphatic rings. The summed E-state index contributed by atoms with van der Waals surface area (Å²) in [5.74, 6) is 1.61. The molecule has 1 saturated heterocycles. The Hall–Kier alpha value is -3.67. The van der Waals surface area contributed by atoms with E-state index in [4.69, 9.17) is 9.47 Å². The molecular weight excluding hydrogens is 421 g/mol. The van der Waals surface area contributed by atoms with Gasteiger partial charge in [0.15, 0.2) is 5.78 Å². The van der Waals surface area contributed by atoms with E-state index in [1.54, 1.807) is 23.1 Å². The van der Waals surface area contributed by atoms with Crippen molar-refractivity contribution >= 4 is 11.7 Å². The zero-order valence-corrected chi connectivity index (χ0v) is 18.1. The predicted octanol–water partition coefficient (Wildman–Crippen LogP) is 5.19. The molecule has 6 heteroatoms. The van der Waals surface area contributed by atoms with Crippen molar-refractivity contribution in [1.29, 1.82) is 0 Å². The second-order valence-electron chi connectivity index (χ2n) is 8.65. The van der Waals surface area contributed by atoms with Crippen molar-refractivity contribution in [2.24, 2.45) is 0 Å². The minimum Gasteiger partial charge on any atom is -0.484 e. The van der Waals surface area contributed by atoms with Gasteiger partial charge in [0, 0.05) is 19.4 Å². The van der Waals surface area contributed by atoms with Gasteiger partial charge >= 0.3 is 0 Å². The number of ether oxygens (including phenoxy) is 2. The van der Waals surface area contributed by atoms with Crippen molar-refractivity contribution in [3.63, 3.8) is 0 Å². The highest BCUT2D eigenvalue weighted by Gasteiger charge is 2.46. The van der Waals surface area contributed by atoms with Gasteiger partial charge in [0.25, 0.3) is 0 Å². The summed E-state index contributed by atoms with van der Waals surface area (Å²) >= 11 is 0. The van der Waals surface area contributed by atoms with E-state index in [0.717, 1.165) is 5.56 Å². The summed E-state index contributed by atoms with van der Waals surface area (Å²) in [6.07, 6.45) is 1.89. The number of amides is 1. The monoisotopic (exact) mass is 445 g/mol. The highest BCUT2D eigenvalue weighted by Crippen LogP contribution is 2.38. The molecule has 1 amide bonds. The number of rotatable bonds is 5. The maximum atomic E-state index is 13.1. The Bertz CT molecular complexity index is 1190. The fourth-order valence-corrected chi connectivity index (χ4v) is 4.54. The van der Waals surface area contributed by atoms with Gasteiger partial charge in [0.05, 0.1) is 18.5 Å². The van der Waals surface area contributed by atoms with E-state index >= 15 is 0 Å². The van der Waals surface area contributed by atoms with Gasteiger partial charge in [-0.2, -0.15) is 0 Å². The summed E-state index contributed by atoms with van der Waals surface area (Å²) in [5, 5.41) is 0. The molecule has 0 N–H and O–H groups in total. The Labute approximate surface area is 191 Å². The fourth-order valence-electron chi connectivity index (χ4n) is 4.54. The van der Waals surface area contributed by atoms with Crippen molar-refractivity contribution in [3.05, 3.63) is 89.7 Å². The number of carbonyl (C=O) groups is 2. The molecule has 3 aromatic rings. The summed E-state index contributed by atoms with van der Waals surface area (Å²) in [6.45, 7) is 1.02. The van der Waals surface area contributed by atoms with Gasteiger partial charge in [0.1, 0.15) is 28.7 Å². The summed E-state index contributed by atoms with van der Waals surface area (Å²) in [7, 11) is 0. The molecule has 1 unspecified atom stereocenters. The number of halogens is 1. The lowest BCUT2D eigenvalue weighted by Gasteiger charge is -2.34. The number of ketones is 1. The van der Waals surface area contributed by atoms with Crippen LogP contribution in [0.3, 0.4) is 0 Å². The lowest BCUT2D eigenvalue weighted by molar-refractivity contribution is -0.130. The van der Waals surface area contributed by atoms with Crippen LogP contribution in [0.4, 0.5) is 4.39 Å². The Morgan fingerprint density at radius 3 is 2.70 bits per heavy atom. The number of hydrogen-bond donors (Lipinski definition) is 0. The topological polar surface area (TPSA) is 55.8 Å². The van der Waals surface area contributed by atoms with E-state index < -0.39 is 5.60 Å². The SMILES string of the molecule is O=C1CC2(CCN(C(=O)CCc3cccc(Oc4ccc(F)cc4)c3)C2)Oc2ccccc21. The van der Waals surface area contributed by atoms with Crippen LogP contribution in [-0.4, -0.2) is 35.3 Å². The van der Waals surface area contributed by atoms with Crippen LogP contribution in [0.2, 0.25) is 0 Å². The molecule has 5 nitrogen and oxygen atoms in total. The zero-order valence-electron chi connectivity index (χ0n) is 18.1. The normalized spacial score (nSPS) is 19.3. The van der Waals surface area contributed by atoms with Crippen molar-refractivity contribution in [2.45, 2.75) is 31.3 Å². The quantitative estimate of drug-likeness (QED) is 0.543. The van der Waals surface area contributed by atoms with Crippen molar-refractivity contribution in [1.82, 2.24) is 4.90 Å². The molecule has 5 rings (SSSR count). The average Bonchev–Trinajstić information content (AvgIpc) is 3.22. The Morgan fingerprint density at radius 2 is 1.85 bits per heavy atom. The van der Waals surface area contributed by atoms with E-state index in [1.165, 1.54) is 12.1 Å². The van der Waals surface area contributed by atoms with Crippen LogP contribution in [0.25, 0.3) is 0 Å². The maximum Gasteiger partial charge on any atom is 0.223 e. The average molecular weight is 445 g/mol. The second kappa shape index (κ2) is 8.70. The number of aryl methyl sites for hydroxylation is 1. The van der Waals surface area contributed by atoms with Gasteiger partial charge in [-0.1, -0.05) is 24.3 Å². The Morgan fingerprint density at radius 1 is 1.03 bits per heavy atom. The zero-order chi connectivity index (χ0) is 22.8. The first-order chi connectivity index (χ1) is 16.0. The molecule has 0 aromatic heterocycles. The largest absolute Gasteiger partial charge is 0.484 e. The number of nitrogens with zero attached hydrogens (tertiary/aromatic N) is 1. The fraction of sp³-hybridized carbons (Fsp3) is 0.259. The third-order valence-electron chi connectivity index (χ3n) is 6.24. The molecule has 33 heavy (non-hydrogen) atoms. The van der Waals surface area contributed by atoms with Crippen LogP contribution < -0.4 is 9.47 Å². The first kappa shape index (κ1) is 21.2. The first-order valence-electron chi connectivity index (χ1n) is 11.1. The summed E-state index contributed by atoms with van der Waals surface area (Å²) in [5.41, 5.74) is 0.981. The third kappa shape index (κ3) is 4.60. The van der Waals surface area contributed by atoms with Crippen molar-refractivity contribution in [3.8, 4) is 17.2 Å². The number of Topliss-reactive ketones (excluding diaryl/α,β-unsaturated/α-hetero) is 1. The number of para-hydroxylation sites is 1. The van der Waals surface area contributed by atoms with Crippen LogP contribution in [0.1, 0.15) is 35.2 Å². The van der Waals surface area contributed by atoms with Crippen LogP contribution in [0.5, 0.6) is 17.2 Å². The van der Waals surface area contributed by atoms with Crippen LogP contribution >= 0.6 is 0 Å². The lowest BCUT2D eigenvalue weighted by atomic mass is 9.89. The third-order valence-corrected chi connectivity index (χ3v) is 6.24. The molecule has 1 fully saturated rings. The number of fused-ring (bicyclic) bond motifs is 1. The molecule has 0 radical (unpaired) electrons. The second-order valence-corrected chi connectivity index (χ2v) is 8.65. The summed E-state index contributed by atoms with van der Waals surface area (Å²) in [6, 6.07) is 20.7. The van der Waals surface area contributed by atoms with E-state index in [1.807, 2.05) is 42.5 Å². The lowest BCUT2D eigenvalue weighted by Crippen LogP contribution is -2.45. The number of carbonyl (C=O) groups excluding carboxylic acids is 2. The van der Waals surface area contributed by atoms with Gasteiger partial charge in [-0.25, -0.2) is 4.39 Å². The molecule has 3 aromatic carbocycles. The predicted molar refractivity (Wildman–Crippen MR) is 121 cm³/mol. The summed E-state index contributed by atoms with van der Waals surface area (Å²) in [4.78, 5) is 27.3. The highest BCUT2D eigenvalue weighted by atomic mass is 19.1. The molecule has 2 aliphatic heterocycles. The van der Waals surface area contributed by atoms with Crippen LogP contribution in [0.15, 0.2) is 72.8 Å². The minimum atomic E-state index is -0.621. The standard InChI is InChI=1S/C27H24FNO4/c28-20-9-11-21(12-10-20)32-22-5-3-4-19(16-22)8-13-26(31)29-15-14-27(18-29)17-24(30)23-6-1-2-7-25(23)33-27/h1-7,9-12,16H,8,13-15,17-18H2. The number of hydrogen-bond acceptors (Lipinski definition) is 4. The Balaban J connectivity index is 1.18. The van der Waals surface area contributed by atoms with Gasteiger partial charge in [0.2, 0.25) is 5.91 Å². The van der Waals surface area contributed by atoms with E-state index in [-0.39, 0.29) is 17.5 Å². The van der Waals surface area contributed by atoms with Crippen LogP contribution in [-0.2, 0) is 11.2 Å². The first-order valence-corrected chi connectivity index (χ1v) is 11.1. The van der Waals surface area contributed by atoms with E-state index in [9.17, 15) is 14.0 Å². The molecular formula is C27H24FNO4. The smallest absolute Gasteiger partial charge is 0.223 e. The minimum absolute atomic E-state index is 0.0478. The van der Waals surface area contributed by atoms with Crippen LogP contribution in [0, 0.1) is 5.82 Å². The maximum absolute atomic E-state index is 13.1. The summed E-state index contributed by atoms with van der Waals surface area (Å²) < 4.78 is 25.1. The number of benzene rings is 3. The highest BCUT2D eigenvalue weighted by molar-refractivity contribution is 6.00.